The molecule has 0 bridgehead atoms. The van der Waals surface area contributed by atoms with Crippen molar-refractivity contribution in [1.82, 2.24) is 24.6 Å². The Morgan fingerprint density at radius 1 is 1.34 bits per heavy atom. The van der Waals surface area contributed by atoms with Crippen LogP contribution >= 0.6 is 0 Å². The summed E-state index contributed by atoms with van der Waals surface area (Å²) >= 11 is 0. The van der Waals surface area contributed by atoms with Crippen LogP contribution in [-0.2, 0) is 17.5 Å². The molecular formula is C22H26F3N5O2. The van der Waals surface area contributed by atoms with E-state index in [1.807, 2.05) is 17.7 Å². The largest absolute Gasteiger partial charge is 0.417 e. The quantitative estimate of drug-likeness (QED) is 0.566. The molecule has 3 aromatic heterocycles. The number of fused-ring (bicyclic) bond motifs is 1. The molecule has 3 aromatic rings. The van der Waals surface area contributed by atoms with Crippen molar-refractivity contribution in [1.29, 1.82) is 0 Å². The summed E-state index contributed by atoms with van der Waals surface area (Å²) in [6.45, 7) is 6.83. The fourth-order valence-electron chi connectivity index (χ4n) is 4.23. The Morgan fingerprint density at radius 3 is 2.78 bits per heavy atom. The standard InChI is InChI=1S/C22H26F3N5O2/c1-13(2)17-11-16(22(23,24)25)19-20(28-32-21(19)27-17)15-5-4-8-30(12-15)18(31)6-9-29-10-7-26-14(29)3/h7,10-11,13,15H,4-6,8-9,12H2,1-3H3/t15-/m1/s1. The lowest BCUT2D eigenvalue weighted by atomic mass is 9.91. The Hall–Kier alpha value is -2.91. The molecule has 1 aliphatic heterocycles. The van der Waals surface area contributed by atoms with Crippen LogP contribution in [-0.4, -0.2) is 43.6 Å². The van der Waals surface area contributed by atoms with Gasteiger partial charge in [-0.3, -0.25) is 4.79 Å². The topological polar surface area (TPSA) is 77.0 Å². The summed E-state index contributed by atoms with van der Waals surface area (Å²) in [5.41, 5.74) is -0.333. The molecular weight excluding hydrogens is 423 g/mol. The van der Waals surface area contributed by atoms with Gasteiger partial charge in [-0.05, 0) is 31.7 Å². The van der Waals surface area contributed by atoms with Gasteiger partial charge >= 0.3 is 6.18 Å². The highest BCUT2D eigenvalue weighted by Crippen LogP contribution is 2.40. The maximum absolute atomic E-state index is 13.9. The van der Waals surface area contributed by atoms with Gasteiger partial charge in [0.25, 0.3) is 5.71 Å². The first-order valence-electron chi connectivity index (χ1n) is 10.8. The number of aromatic nitrogens is 4. The van der Waals surface area contributed by atoms with E-state index < -0.39 is 11.7 Å². The average Bonchev–Trinajstić information content (AvgIpc) is 3.36. The summed E-state index contributed by atoms with van der Waals surface area (Å²) in [6, 6.07) is 1.09. The number of carbonyl (C=O) groups excluding carboxylic acids is 1. The van der Waals surface area contributed by atoms with Crippen molar-refractivity contribution in [3.63, 3.8) is 0 Å². The van der Waals surface area contributed by atoms with Crippen LogP contribution in [0.15, 0.2) is 23.0 Å². The van der Waals surface area contributed by atoms with Crippen molar-refractivity contribution >= 4 is 17.0 Å². The summed E-state index contributed by atoms with van der Waals surface area (Å²) in [4.78, 5) is 22.9. The number of hydrogen-bond donors (Lipinski definition) is 0. The van der Waals surface area contributed by atoms with Crippen LogP contribution in [0.5, 0.6) is 0 Å². The van der Waals surface area contributed by atoms with E-state index in [0.717, 1.165) is 11.9 Å². The van der Waals surface area contributed by atoms with Gasteiger partial charge in [0.05, 0.1) is 16.6 Å². The molecule has 0 radical (unpaired) electrons. The van der Waals surface area contributed by atoms with Gasteiger partial charge < -0.3 is 14.0 Å². The summed E-state index contributed by atoms with van der Waals surface area (Å²) in [5.74, 6) is 0.274. The van der Waals surface area contributed by atoms with Gasteiger partial charge in [0.15, 0.2) is 0 Å². The monoisotopic (exact) mass is 449 g/mol. The van der Waals surface area contributed by atoms with Gasteiger partial charge in [-0.15, -0.1) is 0 Å². The normalized spacial score (nSPS) is 17.5. The minimum absolute atomic E-state index is 0.0353. The molecule has 1 amide bonds. The zero-order valence-corrected chi connectivity index (χ0v) is 18.3. The van der Waals surface area contributed by atoms with E-state index in [1.165, 1.54) is 0 Å². The number of amides is 1. The SMILES string of the molecule is Cc1nccn1CCC(=O)N1CCC[C@@H](c2noc3nc(C(C)C)cc(C(F)(F)F)c23)C1. The lowest BCUT2D eigenvalue weighted by molar-refractivity contribution is -0.136. The van der Waals surface area contributed by atoms with Crippen LogP contribution in [0.25, 0.3) is 11.1 Å². The fraction of sp³-hybridized carbons (Fsp3) is 0.545. The maximum Gasteiger partial charge on any atom is 0.417 e. The molecule has 1 atom stereocenters. The summed E-state index contributed by atoms with van der Waals surface area (Å²) in [7, 11) is 0. The molecule has 0 aliphatic carbocycles. The minimum Gasteiger partial charge on any atom is -0.342 e. The highest BCUT2D eigenvalue weighted by molar-refractivity contribution is 5.82. The molecule has 32 heavy (non-hydrogen) atoms. The van der Waals surface area contributed by atoms with E-state index in [1.54, 1.807) is 24.9 Å². The molecule has 1 saturated heterocycles. The van der Waals surface area contributed by atoms with E-state index >= 15 is 0 Å². The first-order chi connectivity index (χ1) is 15.1. The van der Waals surface area contributed by atoms with Gasteiger partial charge in [-0.25, -0.2) is 9.97 Å². The Balaban J connectivity index is 1.58. The van der Waals surface area contributed by atoms with E-state index in [9.17, 15) is 18.0 Å². The molecule has 0 aromatic carbocycles. The first kappa shape index (κ1) is 22.3. The molecule has 0 N–H and O–H groups in total. The Kier molecular flexibility index (Phi) is 5.96. The zero-order chi connectivity index (χ0) is 23.0. The number of alkyl halides is 3. The number of carbonyl (C=O) groups is 1. The second kappa shape index (κ2) is 8.55. The van der Waals surface area contributed by atoms with Crippen LogP contribution in [0.3, 0.4) is 0 Å². The molecule has 0 unspecified atom stereocenters. The summed E-state index contributed by atoms with van der Waals surface area (Å²) in [6.07, 6.45) is 0.571. The van der Waals surface area contributed by atoms with Crippen molar-refractivity contribution in [2.24, 2.45) is 0 Å². The fourth-order valence-corrected chi connectivity index (χ4v) is 4.23. The molecule has 10 heteroatoms. The third kappa shape index (κ3) is 4.35. The van der Waals surface area contributed by atoms with E-state index in [-0.39, 0.29) is 34.5 Å². The van der Waals surface area contributed by atoms with Crippen molar-refractivity contribution in [2.75, 3.05) is 13.1 Å². The van der Waals surface area contributed by atoms with Gasteiger partial charge in [0, 0.05) is 50.1 Å². The van der Waals surface area contributed by atoms with E-state index in [0.29, 0.717) is 44.6 Å². The molecule has 0 saturated carbocycles. The van der Waals surface area contributed by atoms with Crippen LogP contribution in [0.4, 0.5) is 13.2 Å². The summed E-state index contributed by atoms with van der Waals surface area (Å²) in [5, 5.41) is 3.91. The van der Waals surface area contributed by atoms with E-state index in [2.05, 4.69) is 15.1 Å². The van der Waals surface area contributed by atoms with Gasteiger partial charge in [-0.2, -0.15) is 13.2 Å². The number of imidazole rings is 1. The van der Waals surface area contributed by atoms with Crippen LogP contribution in [0, 0.1) is 6.92 Å². The zero-order valence-electron chi connectivity index (χ0n) is 18.3. The lowest BCUT2D eigenvalue weighted by Gasteiger charge is -2.32. The predicted octanol–water partition coefficient (Wildman–Crippen LogP) is 4.67. The average molecular weight is 449 g/mol. The highest BCUT2D eigenvalue weighted by atomic mass is 19.4. The number of nitrogens with zero attached hydrogens (tertiary/aromatic N) is 5. The molecule has 1 fully saturated rings. The summed E-state index contributed by atoms with van der Waals surface area (Å²) < 4.78 is 48.8. The van der Waals surface area contributed by atoms with Gasteiger partial charge in [0.2, 0.25) is 5.91 Å². The Bertz CT molecular complexity index is 1120. The highest BCUT2D eigenvalue weighted by Gasteiger charge is 2.38. The molecule has 7 nitrogen and oxygen atoms in total. The smallest absolute Gasteiger partial charge is 0.342 e. The Labute approximate surface area is 183 Å². The molecule has 172 valence electrons. The number of aryl methyl sites for hydroxylation is 2. The minimum atomic E-state index is -4.56. The molecule has 1 aliphatic rings. The lowest BCUT2D eigenvalue weighted by Crippen LogP contribution is -2.39. The predicted molar refractivity (Wildman–Crippen MR) is 111 cm³/mol. The second-order valence-corrected chi connectivity index (χ2v) is 8.59. The number of pyridine rings is 1. The molecule has 4 rings (SSSR count). The third-order valence-electron chi connectivity index (χ3n) is 6.04. The Morgan fingerprint density at radius 2 is 2.12 bits per heavy atom. The van der Waals surface area contributed by atoms with Crippen molar-refractivity contribution < 1.29 is 22.5 Å². The van der Waals surface area contributed by atoms with Crippen molar-refractivity contribution in [3.05, 3.63) is 41.2 Å². The number of hydrogen-bond acceptors (Lipinski definition) is 5. The third-order valence-corrected chi connectivity index (χ3v) is 6.04. The molecule has 4 heterocycles. The number of halogens is 3. The number of piperidine rings is 1. The second-order valence-electron chi connectivity index (χ2n) is 8.59. The first-order valence-corrected chi connectivity index (χ1v) is 10.8. The number of rotatable bonds is 5. The van der Waals surface area contributed by atoms with Crippen LogP contribution in [0.2, 0.25) is 0 Å². The molecule has 0 spiro atoms. The maximum atomic E-state index is 13.9. The van der Waals surface area contributed by atoms with Gasteiger partial charge in [0.1, 0.15) is 5.82 Å². The van der Waals surface area contributed by atoms with Crippen molar-refractivity contribution in [2.45, 2.75) is 64.6 Å². The van der Waals surface area contributed by atoms with Gasteiger partial charge in [-0.1, -0.05) is 19.0 Å². The van der Waals surface area contributed by atoms with Crippen molar-refractivity contribution in [3.8, 4) is 0 Å². The van der Waals surface area contributed by atoms with Crippen LogP contribution in [0.1, 0.15) is 67.7 Å². The number of likely N-dealkylation sites (tertiary alicyclic amines) is 1. The van der Waals surface area contributed by atoms with E-state index in [4.69, 9.17) is 4.52 Å². The van der Waals surface area contributed by atoms with Crippen LogP contribution < -0.4 is 0 Å².